The van der Waals surface area contributed by atoms with E-state index in [0.29, 0.717) is 27.0 Å². The van der Waals surface area contributed by atoms with Crippen molar-refractivity contribution in [3.8, 4) is 5.75 Å². The molecule has 8 nitrogen and oxygen atoms in total. The molecule has 0 unspecified atom stereocenters. The summed E-state index contributed by atoms with van der Waals surface area (Å²) in [7, 11) is -2.50. The number of ether oxygens (including phenoxy) is 2. The van der Waals surface area contributed by atoms with E-state index in [-0.39, 0.29) is 11.5 Å². The fourth-order valence-corrected chi connectivity index (χ4v) is 5.45. The number of carbonyl (C=O) groups is 2. The third-order valence-electron chi connectivity index (χ3n) is 5.11. The number of thiophene rings is 1. The van der Waals surface area contributed by atoms with Crippen molar-refractivity contribution in [3.63, 3.8) is 0 Å². The highest BCUT2D eigenvalue weighted by molar-refractivity contribution is 7.92. The van der Waals surface area contributed by atoms with Crippen molar-refractivity contribution < 1.29 is 27.5 Å². The molecule has 0 fully saturated rings. The van der Waals surface area contributed by atoms with Gasteiger partial charge in [0.2, 0.25) is 0 Å². The number of rotatable bonds is 8. The summed E-state index contributed by atoms with van der Waals surface area (Å²) in [6, 6.07) is 17.6. The summed E-state index contributed by atoms with van der Waals surface area (Å²) < 4.78 is 38.9. The third-order valence-corrected chi connectivity index (χ3v) is 8.02. The van der Waals surface area contributed by atoms with E-state index in [4.69, 9.17) is 21.1 Å². The number of fused-ring (bicyclic) bond motifs is 1. The standard InChI is InChI=1S/C25H21ClN2O6S2/c1-15-3-4-18(13-21(15)26)28-36(31,32)20-8-6-19(7-9-20)34-14-24(29)27-17-5-10-22-16(11-17)12-23(35-22)25(30)33-2/h3-13,28H,14H2,1-2H3,(H,27,29). The smallest absolute Gasteiger partial charge is 0.348 e. The lowest BCUT2D eigenvalue weighted by Gasteiger charge is -2.11. The predicted octanol–water partition coefficient (Wildman–Crippen LogP) is 5.47. The summed E-state index contributed by atoms with van der Waals surface area (Å²) in [5.41, 5.74) is 1.74. The van der Waals surface area contributed by atoms with Crippen molar-refractivity contribution in [3.05, 3.63) is 82.2 Å². The Morgan fingerprint density at radius 3 is 2.39 bits per heavy atom. The van der Waals surface area contributed by atoms with Crippen LogP contribution in [-0.2, 0) is 19.6 Å². The van der Waals surface area contributed by atoms with Gasteiger partial charge in [0.25, 0.3) is 15.9 Å². The largest absolute Gasteiger partial charge is 0.484 e. The number of halogens is 1. The first-order valence-corrected chi connectivity index (χ1v) is 13.3. The normalized spacial score (nSPS) is 11.2. The molecule has 4 rings (SSSR count). The molecule has 1 aromatic heterocycles. The SMILES string of the molecule is COC(=O)c1cc2cc(NC(=O)COc3ccc(S(=O)(=O)Nc4ccc(C)c(Cl)c4)cc3)ccc2s1. The monoisotopic (exact) mass is 544 g/mol. The zero-order valence-corrected chi connectivity index (χ0v) is 21.6. The van der Waals surface area contributed by atoms with E-state index in [2.05, 4.69) is 10.0 Å². The van der Waals surface area contributed by atoms with Crippen LogP contribution < -0.4 is 14.8 Å². The quantitative estimate of drug-likeness (QED) is 0.285. The number of sulfonamides is 1. The van der Waals surface area contributed by atoms with Crippen LogP contribution in [-0.4, -0.2) is 34.0 Å². The Hall–Kier alpha value is -3.60. The molecule has 0 atom stereocenters. The molecule has 1 amide bonds. The first-order chi connectivity index (χ1) is 17.1. The Kier molecular flexibility index (Phi) is 7.48. The summed E-state index contributed by atoms with van der Waals surface area (Å²) in [6.45, 7) is 1.55. The number of anilines is 2. The van der Waals surface area contributed by atoms with Crippen molar-refractivity contribution in [2.24, 2.45) is 0 Å². The molecule has 0 bridgehead atoms. The van der Waals surface area contributed by atoms with Crippen LogP contribution in [0.15, 0.2) is 71.6 Å². The van der Waals surface area contributed by atoms with Crippen molar-refractivity contribution in [2.45, 2.75) is 11.8 Å². The molecule has 1 heterocycles. The van der Waals surface area contributed by atoms with E-state index in [0.717, 1.165) is 15.6 Å². The predicted molar refractivity (Wildman–Crippen MR) is 141 cm³/mol. The molecule has 36 heavy (non-hydrogen) atoms. The van der Waals surface area contributed by atoms with Gasteiger partial charge >= 0.3 is 5.97 Å². The fraction of sp³-hybridized carbons (Fsp3) is 0.120. The fourth-order valence-electron chi connectivity index (χ4n) is 3.25. The molecule has 0 spiro atoms. The second-order valence-electron chi connectivity index (χ2n) is 7.73. The summed E-state index contributed by atoms with van der Waals surface area (Å²) >= 11 is 7.37. The number of hydrogen-bond donors (Lipinski definition) is 2. The molecule has 0 saturated heterocycles. The summed E-state index contributed by atoms with van der Waals surface area (Å²) in [5, 5.41) is 4.00. The molecule has 4 aromatic rings. The second-order valence-corrected chi connectivity index (χ2v) is 10.9. The van der Waals surface area contributed by atoms with Crippen LogP contribution >= 0.6 is 22.9 Å². The number of nitrogens with one attached hydrogen (secondary N) is 2. The number of carbonyl (C=O) groups excluding carboxylic acids is 2. The van der Waals surface area contributed by atoms with Crippen molar-refractivity contribution >= 4 is 66.3 Å². The number of amides is 1. The van der Waals surface area contributed by atoms with E-state index in [1.807, 2.05) is 6.92 Å². The Balaban J connectivity index is 1.35. The zero-order valence-electron chi connectivity index (χ0n) is 19.2. The topological polar surface area (TPSA) is 111 Å². The maximum Gasteiger partial charge on any atom is 0.348 e. The van der Waals surface area contributed by atoms with Gasteiger partial charge in [-0.1, -0.05) is 17.7 Å². The molecule has 11 heteroatoms. The van der Waals surface area contributed by atoms with Crippen LogP contribution in [0.2, 0.25) is 5.02 Å². The van der Waals surface area contributed by atoms with Crippen LogP contribution in [0.4, 0.5) is 11.4 Å². The van der Waals surface area contributed by atoms with Gasteiger partial charge in [-0.15, -0.1) is 11.3 Å². The lowest BCUT2D eigenvalue weighted by Crippen LogP contribution is -2.20. The minimum Gasteiger partial charge on any atom is -0.484 e. The highest BCUT2D eigenvalue weighted by atomic mass is 35.5. The number of hydrogen-bond acceptors (Lipinski definition) is 7. The molecule has 2 N–H and O–H groups in total. The second kappa shape index (κ2) is 10.6. The average molecular weight is 545 g/mol. The van der Waals surface area contributed by atoms with E-state index in [9.17, 15) is 18.0 Å². The zero-order chi connectivity index (χ0) is 25.9. The van der Waals surface area contributed by atoms with E-state index in [1.165, 1.54) is 42.7 Å². The number of esters is 1. The first-order valence-electron chi connectivity index (χ1n) is 10.6. The van der Waals surface area contributed by atoms with Gasteiger partial charge in [0.15, 0.2) is 6.61 Å². The third kappa shape index (κ3) is 5.96. The molecule has 0 saturated carbocycles. The van der Waals surface area contributed by atoms with Crippen LogP contribution in [0.3, 0.4) is 0 Å². The van der Waals surface area contributed by atoms with Crippen LogP contribution in [0, 0.1) is 6.92 Å². The van der Waals surface area contributed by atoms with Crippen LogP contribution in [0.25, 0.3) is 10.1 Å². The molecular weight excluding hydrogens is 524 g/mol. The Morgan fingerprint density at radius 2 is 1.69 bits per heavy atom. The Bertz CT molecular complexity index is 1550. The van der Waals surface area contributed by atoms with Gasteiger partial charge in [0, 0.05) is 15.4 Å². The molecule has 0 aliphatic carbocycles. The molecule has 0 aliphatic heterocycles. The summed E-state index contributed by atoms with van der Waals surface area (Å²) in [6.07, 6.45) is 0. The van der Waals surface area contributed by atoms with Gasteiger partial charge < -0.3 is 14.8 Å². The Labute approximate surface area is 216 Å². The maximum absolute atomic E-state index is 12.6. The van der Waals surface area contributed by atoms with E-state index >= 15 is 0 Å². The maximum atomic E-state index is 12.6. The summed E-state index contributed by atoms with van der Waals surface area (Å²) in [5.74, 6) is -0.477. The lowest BCUT2D eigenvalue weighted by molar-refractivity contribution is -0.118. The van der Waals surface area contributed by atoms with Crippen LogP contribution in [0.5, 0.6) is 5.75 Å². The highest BCUT2D eigenvalue weighted by Gasteiger charge is 2.15. The number of aryl methyl sites for hydroxylation is 1. The summed E-state index contributed by atoms with van der Waals surface area (Å²) in [4.78, 5) is 24.6. The highest BCUT2D eigenvalue weighted by Crippen LogP contribution is 2.29. The molecule has 0 aliphatic rings. The average Bonchev–Trinajstić information content (AvgIpc) is 3.28. The van der Waals surface area contributed by atoms with Crippen molar-refractivity contribution in [1.82, 2.24) is 0 Å². The van der Waals surface area contributed by atoms with Gasteiger partial charge in [0.1, 0.15) is 10.6 Å². The minimum absolute atomic E-state index is 0.0337. The molecular formula is C25H21ClN2O6S2. The first kappa shape index (κ1) is 25.5. The minimum atomic E-state index is -3.83. The van der Waals surface area contributed by atoms with E-state index in [1.54, 1.807) is 42.5 Å². The molecule has 186 valence electrons. The van der Waals surface area contributed by atoms with Crippen molar-refractivity contribution in [2.75, 3.05) is 23.8 Å². The Morgan fingerprint density at radius 1 is 0.972 bits per heavy atom. The van der Waals surface area contributed by atoms with E-state index < -0.39 is 21.9 Å². The van der Waals surface area contributed by atoms with Gasteiger partial charge in [-0.3, -0.25) is 9.52 Å². The number of benzene rings is 3. The molecule has 3 aromatic carbocycles. The van der Waals surface area contributed by atoms with Crippen LogP contribution in [0.1, 0.15) is 15.2 Å². The van der Waals surface area contributed by atoms with Gasteiger partial charge in [0.05, 0.1) is 17.7 Å². The molecule has 0 radical (unpaired) electrons. The van der Waals surface area contributed by atoms with Gasteiger partial charge in [-0.25, -0.2) is 13.2 Å². The van der Waals surface area contributed by atoms with Gasteiger partial charge in [-0.05, 0) is 78.5 Å². The lowest BCUT2D eigenvalue weighted by atomic mass is 10.2. The van der Waals surface area contributed by atoms with Crippen molar-refractivity contribution in [1.29, 1.82) is 0 Å². The van der Waals surface area contributed by atoms with Gasteiger partial charge in [-0.2, -0.15) is 0 Å². The number of methoxy groups -OCH3 is 1.